The highest BCUT2D eigenvalue weighted by atomic mass is 19.2. The molecule has 18 heteroatoms. The Bertz CT molecular complexity index is 2260. The third-order valence-electron chi connectivity index (χ3n) is 6.50. The van der Waals surface area contributed by atoms with E-state index < -0.39 is 114 Å². The summed E-state index contributed by atoms with van der Waals surface area (Å²) in [5.41, 5.74) is -9.30. The van der Waals surface area contributed by atoms with Crippen molar-refractivity contribution in [2.45, 2.75) is 0 Å². The van der Waals surface area contributed by atoms with Crippen LogP contribution in [-0.2, 0) is 0 Å². The smallest absolute Gasteiger partial charge is 0.192 e. The zero-order valence-electron chi connectivity index (χ0n) is 21.8. The third-order valence-corrected chi connectivity index (χ3v) is 6.50. The van der Waals surface area contributed by atoms with E-state index in [2.05, 4.69) is 29.9 Å². The third kappa shape index (κ3) is 4.03. The van der Waals surface area contributed by atoms with Crippen molar-refractivity contribution in [2.24, 2.45) is 0 Å². The van der Waals surface area contributed by atoms with Gasteiger partial charge in [-0.2, -0.15) is 89.6 Å². The minimum atomic E-state index is -1.68. The van der Waals surface area contributed by atoms with Crippen molar-refractivity contribution in [1.29, 1.82) is 42.1 Å². The molecule has 0 N–H and O–H groups in total. The number of allylic oxidation sites excluding steroid dienone is 8. The number of hydrogen-bond donors (Lipinski definition) is 0. The average Bonchev–Trinajstić information content (AvgIpc) is 3.54. The van der Waals surface area contributed by atoms with Gasteiger partial charge in [0.15, 0.2) is 11.6 Å². The van der Waals surface area contributed by atoms with Crippen molar-refractivity contribution in [3.8, 4) is 48.6 Å². The van der Waals surface area contributed by atoms with E-state index in [1.54, 1.807) is 24.3 Å². The number of aromatic nitrogens is 6. The zero-order valence-corrected chi connectivity index (χ0v) is 21.8. The maximum absolute atomic E-state index is 14.2. The minimum Gasteiger partial charge on any atom is -0.192 e. The van der Waals surface area contributed by atoms with Crippen LogP contribution in [0.1, 0.15) is 45.0 Å². The normalized spacial score (nSPS) is 12.3. The molecule has 2 aromatic heterocycles. The lowest BCUT2D eigenvalue weighted by Gasteiger charge is -2.15. The maximum atomic E-state index is 14.2. The molecule has 46 heavy (non-hydrogen) atoms. The van der Waals surface area contributed by atoms with E-state index in [-0.39, 0.29) is 0 Å². The first-order valence-corrected chi connectivity index (χ1v) is 11.7. The number of benzene rings is 1. The fraction of sp³-hybridized carbons (Fsp3) is 0. The second-order valence-corrected chi connectivity index (χ2v) is 8.54. The second kappa shape index (κ2) is 10.9. The summed E-state index contributed by atoms with van der Waals surface area (Å²) in [4.78, 5) is 18.9. The van der Waals surface area contributed by atoms with E-state index in [0.717, 1.165) is 0 Å². The van der Waals surface area contributed by atoms with Gasteiger partial charge < -0.3 is 0 Å². The molecule has 14 nitrogen and oxygen atoms in total. The van der Waals surface area contributed by atoms with E-state index in [9.17, 15) is 59.7 Å². The highest BCUT2D eigenvalue weighted by Crippen LogP contribution is 2.57. The lowest BCUT2D eigenvalue weighted by molar-refractivity contribution is 0.451. The van der Waals surface area contributed by atoms with Gasteiger partial charge in [-0.3, -0.25) is 0 Å². The number of halogens is 4. The summed E-state index contributed by atoms with van der Waals surface area (Å²) in [5, 5.41) is 80.8. The van der Waals surface area contributed by atoms with Crippen LogP contribution in [-0.4, -0.2) is 29.9 Å². The Hall–Kier alpha value is -8.16. The van der Waals surface area contributed by atoms with Gasteiger partial charge in [-0.25, -0.2) is 0 Å². The van der Waals surface area contributed by atoms with Crippen molar-refractivity contribution < 1.29 is 17.6 Å². The summed E-state index contributed by atoms with van der Waals surface area (Å²) in [7, 11) is 0. The molecular weight excluding hydrogens is 608 g/mol. The number of fused-ring (bicyclic) bond motifs is 2. The van der Waals surface area contributed by atoms with Crippen LogP contribution in [0, 0.1) is 115 Å². The summed E-state index contributed by atoms with van der Waals surface area (Å²) in [6, 6.07) is 12.9. The fourth-order valence-corrected chi connectivity index (χ4v) is 5.04. The second-order valence-electron chi connectivity index (χ2n) is 8.54. The molecule has 0 spiro atoms. The summed E-state index contributed by atoms with van der Waals surface area (Å²) in [6.45, 7) is 0. The largest absolute Gasteiger partial charge is 0.314 e. The van der Waals surface area contributed by atoms with Crippen LogP contribution in [0.15, 0.2) is 11.1 Å². The predicted molar refractivity (Wildman–Crippen MR) is 137 cm³/mol. The Balaban J connectivity index is 2.13. The van der Waals surface area contributed by atoms with Crippen molar-refractivity contribution in [3.63, 3.8) is 0 Å². The summed E-state index contributed by atoms with van der Waals surface area (Å²) in [5.74, 6) is -1.86. The lowest BCUT2D eigenvalue weighted by Crippen LogP contribution is -2.06. The van der Waals surface area contributed by atoms with Gasteiger partial charge in [-0.05, 0) is 0 Å². The van der Waals surface area contributed by atoms with Gasteiger partial charge in [0.1, 0.15) is 59.7 Å². The Labute approximate surface area is 252 Å². The van der Waals surface area contributed by atoms with Gasteiger partial charge in [0.2, 0.25) is 0 Å². The number of nitrogens with zero attached hydrogens (tertiary/aromatic N) is 14. The molecule has 2 aliphatic carbocycles. The van der Waals surface area contributed by atoms with Gasteiger partial charge in [0, 0.05) is 44.5 Å². The Kier molecular flexibility index (Phi) is 6.96. The Morgan fingerprint density at radius 2 is 0.717 bits per heavy atom. The van der Waals surface area contributed by atoms with Gasteiger partial charge in [0.25, 0.3) is 0 Å². The molecule has 0 saturated carbocycles. The van der Waals surface area contributed by atoms with Crippen LogP contribution in [0.3, 0.4) is 0 Å². The first-order chi connectivity index (χ1) is 22.1. The van der Waals surface area contributed by atoms with Crippen molar-refractivity contribution >= 4 is 33.4 Å². The molecule has 0 fully saturated rings. The topological polar surface area (TPSA) is 268 Å². The highest BCUT2D eigenvalue weighted by molar-refractivity contribution is 6.31. The lowest BCUT2D eigenvalue weighted by atomic mass is 9.83. The van der Waals surface area contributed by atoms with Crippen LogP contribution in [0.25, 0.3) is 33.4 Å². The summed E-state index contributed by atoms with van der Waals surface area (Å²) in [6.07, 6.45) is -6.74. The van der Waals surface area contributed by atoms with Gasteiger partial charge >= 0.3 is 24.3 Å². The highest BCUT2D eigenvalue weighted by Gasteiger charge is 2.45. The van der Waals surface area contributed by atoms with Crippen LogP contribution >= 0.6 is 0 Å². The molecule has 0 amide bonds. The van der Waals surface area contributed by atoms with E-state index in [4.69, 9.17) is 0 Å². The molecule has 0 radical (unpaired) electrons. The maximum Gasteiger partial charge on any atom is 0.314 e. The first-order valence-electron chi connectivity index (χ1n) is 11.7. The van der Waals surface area contributed by atoms with Gasteiger partial charge in [0.05, 0.1) is 22.3 Å². The van der Waals surface area contributed by atoms with Crippen molar-refractivity contribution in [2.75, 3.05) is 0 Å². The number of rotatable bonds is 2. The van der Waals surface area contributed by atoms with E-state index in [1.807, 2.05) is 0 Å². The molecule has 210 valence electrons. The van der Waals surface area contributed by atoms with Crippen LogP contribution < -0.4 is 0 Å². The summed E-state index contributed by atoms with van der Waals surface area (Å²) < 4.78 is 56.6. The minimum absolute atomic E-state index is 0.541. The predicted octanol–water partition coefficient (Wildman–Crippen LogP) is 2.85. The fourth-order valence-electron chi connectivity index (χ4n) is 5.04. The van der Waals surface area contributed by atoms with Crippen molar-refractivity contribution in [3.05, 3.63) is 80.5 Å². The van der Waals surface area contributed by atoms with E-state index in [1.165, 1.54) is 24.3 Å². The Morgan fingerprint density at radius 1 is 0.413 bits per heavy atom. The quantitative estimate of drug-likeness (QED) is 0.299. The molecule has 5 rings (SSSR count). The number of hydrogen-bond acceptors (Lipinski definition) is 14. The molecular formula is C28F4N14. The average molecular weight is 608 g/mol. The summed E-state index contributed by atoms with van der Waals surface area (Å²) >= 11 is 0. The molecule has 0 unspecified atom stereocenters. The molecule has 0 aliphatic heterocycles. The standard InChI is InChI=1S/C28F4N14/c29-25-41-23(42-26(30)45-25)21-13(7-39)17-12(6-38)20-16(10(3-35)4-36)22(24-43-27(31)46-28(32)44-24)14(8-40)18(20)11(5-37)19(17)15(21)9(1-33)2-34. The van der Waals surface area contributed by atoms with Gasteiger partial charge in [-0.1, -0.05) is 0 Å². The SMILES string of the molecule is N#CC(C#N)=C1C(c2nc(F)nc(F)n2)=C(C#N)c2c(C#N)c3c(c(C#N)c21)C(C#N)=C(c1nc(F)nc(F)n1)C3=C(C#N)C#N. The first kappa shape index (κ1) is 29.3. The number of nitriles is 8. The van der Waals surface area contributed by atoms with E-state index >= 15 is 0 Å². The van der Waals surface area contributed by atoms with E-state index in [0.29, 0.717) is 0 Å². The molecule has 0 bridgehead atoms. The van der Waals surface area contributed by atoms with Crippen molar-refractivity contribution in [1.82, 2.24) is 29.9 Å². The van der Waals surface area contributed by atoms with Crippen LogP contribution in [0.5, 0.6) is 0 Å². The van der Waals surface area contributed by atoms with Crippen LogP contribution in [0.4, 0.5) is 17.6 Å². The molecule has 1 aromatic carbocycles. The van der Waals surface area contributed by atoms with Crippen LogP contribution in [0.2, 0.25) is 0 Å². The van der Waals surface area contributed by atoms with Gasteiger partial charge in [-0.15, -0.1) is 0 Å². The zero-order chi connectivity index (χ0) is 33.4. The monoisotopic (exact) mass is 608 g/mol. The molecule has 3 aromatic rings. The molecule has 0 atom stereocenters. The molecule has 2 aliphatic rings. The molecule has 0 saturated heterocycles. The Morgan fingerprint density at radius 3 is 0.957 bits per heavy atom. The molecule has 2 heterocycles.